The van der Waals surface area contributed by atoms with Crippen LogP contribution in [0.2, 0.25) is 0 Å². The maximum atomic E-state index is 12.2. The molecule has 0 spiro atoms. The molecule has 2 rings (SSSR count). The molecule has 0 radical (unpaired) electrons. The summed E-state index contributed by atoms with van der Waals surface area (Å²) in [6.07, 6.45) is 2.79. The van der Waals surface area contributed by atoms with E-state index < -0.39 is 0 Å². The summed E-state index contributed by atoms with van der Waals surface area (Å²) in [5.74, 6) is 0.636. The number of rotatable bonds is 3. The van der Waals surface area contributed by atoms with Crippen molar-refractivity contribution in [3.63, 3.8) is 0 Å². The molecule has 0 aromatic carbocycles. The van der Waals surface area contributed by atoms with Gasteiger partial charge in [0.15, 0.2) is 0 Å². The standard InChI is InChI=1S/C13H18BrN3O/c1-16-6-5-10(8-16)9-17(2)13(18)11-3-4-12(14)15-7-11/h3-4,7,10H,5-6,8-9H2,1-2H3. The Hall–Kier alpha value is -0.940. The predicted octanol–water partition coefficient (Wildman–Crippen LogP) is 1.87. The summed E-state index contributed by atoms with van der Waals surface area (Å²) < 4.78 is 0.749. The zero-order chi connectivity index (χ0) is 13.1. The zero-order valence-electron chi connectivity index (χ0n) is 10.8. The highest BCUT2D eigenvalue weighted by Gasteiger charge is 2.23. The molecule has 5 heteroatoms. The molecule has 1 amide bonds. The van der Waals surface area contributed by atoms with Crippen LogP contribution in [0.3, 0.4) is 0 Å². The number of pyridine rings is 1. The van der Waals surface area contributed by atoms with E-state index in [0.29, 0.717) is 11.5 Å². The van der Waals surface area contributed by atoms with Crippen molar-refractivity contribution in [3.8, 4) is 0 Å². The summed E-state index contributed by atoms with van der Waals surface area (Å²) in [6.45, 7) is 3.03. The van der Waals surface area contributed by atoms with Crippen LogP contribution in [0.25, 0.3) is 0 Å². The van der Waals surface area contributed by atoms with Crippen molar-refractivity contribution >= 4 is 21.8 Å². The first kappa shape index (κ1) is 13.5. The average Bonchev–Trinajstić information content (AvgIpc) is 2.75. The van der Waals surface area contributed by atoms with Crippen molar-refractivity contribution in [2.45, 2.75) is 6.42 Å². The highest BCUT2D eigenvalue weighted by molar-refractivity contribution is 9.10. The summed E-state index contributed by atoms with van der Waals surface area (Å²) in [4.78, 5) is 20.4. The van der Waals surface area contributed by atoms with Crippen molar-refractivity contribution < 1.29 is 4.79 Å². The predicted molar refractivity (Wildman–Crippen MR) is 74.5 cm³/mol. The monoisotopic (exact) mass is 311 g/mol. The van der Waals surface area contributed by atoms with Gasteiger partial charge >= 0.3 is 0 Å². The first-order chi connectivity index (χ1) is 8.56. The third-order valence-corrected chi connectivity index (χ3v) is 3.81. The van der Waals surface area contributed by atoms with Gasteiger partial charge in [-0.2, -0.15) is 0 Å². The second kappa shape index (κ2) is 5.80. The SMILES string of the molecule is CN1CCC(CN(C)C(=O)c2ccc(Br)nc2)C1. The van der Waals surface area contributed by atoms with Gasteiger partial charge in [-0.1, -0.05) is 0 Å². The number of hydrogen-bond acceptors (Lipinski definition) is 3. The molecule has 98 valence electrons. The number of amides is 1. The van der Waals surface area contributed by atoms with Crippen molar-refractivity contribution in [1.82, 2.24) is 14.8 Å². The minimum atomic E-state index is 0.0459. The van der Waals surface area contributed by atoms with Crippen molar-refractivity contribution in [2.75, 3.05) is 33.7 Å². The topological polar surface area (TPSA) is 36.4 Å². The van der Waals surface area contributed by atoms with E-state index in [1.54, 1.807) is 23.2 Å². The van der Waals surface area contributed by atoms with Crippen molar-refractivity contribution in [2.24, 2.45) is 5.92 Å². The number of hydrogen-bond donors (Lipinski definition) is 0. The molecule has 0 saturated carbocycles. The number of carbonyl (C=O) groups is 1. The second-order valence-corrected chi connectivity index (χ2v) is 5.78. The fourth-order valence-electron chi connectivity index (χ4n) is 2.37. The molecule has 1 saturated heterocycles. The minimum Gasteiger partial charge on any atom is -0.341 e. The summed E-state index contributed by atoms with van der Waals surface area (Å²) in [5.41, 5.74) is 0.645. The Bertz CT molecular complexity index is 421. The second-order valence-electron chi connectivity index (χ2n) is 4.97. The van der Waals surface area contributed by atoms with Gasteiger partial charge < -0.3 is 9.80 Å². The summed E-state index contributed by atoms with van der Waals surface area (Å²) in [7, 11) is 3.99. The number of halogens is 1. The van der Waals surface area contributed by atoms with Crippen LogP contribution in [-0.4, -0.2) is 54.4 Å². The molecular formula is C13H18BrN3O. The lowest BCUT2D eigenvalue weighted by molar-refractivity contribution is 0.0773. The van der Waals surface area contributed by atoms with Crippen LogP contribution >= 0.6 is 15.9 Å². The summed E-state index contributed by atoms with van der Waals surface area (Å²) in [5, 5.41) is 0. The maximum absolute atomic E-state index is 12.2. The molecule has 1 aliphatic rings. The lowest BCUT2D eigenvalue weighted by atomic mass is 10.1. The van der Waals surface area contributed by atoms with E-state index in [4.69, 9.17) is 0 Å². The quantitative estimate of drug-likeness (QED) is 0.800. The van der Waals surface area contributed by atoms with Crippen LogP contribution in [0.4, 0.5) is 0 Å². The largest absolute Gasteiger partial charge is 0.341 e. The number of likely N-dealkylation sites (tertiary alicyclic amines) is 1. The molecular weight excluding hydrogens is 294 g/mol. The lowest BCUT2D eigenvalue weighted by Gasteiger charge is -2.21. The first-order valence-electron chi connectivity index (χ1n) is 6.12. The smallest absolute Gasteiger partial charge is 0.255 e. The average molecular weight is 312 g/mol. The Kier molecular flexibility index (Phi) is 4.35. The van der Waals surface area contributed by atoms with E-state index in [2.05, 4.69) is 32.9 Å². The number of carbonyl (C=O) groups excluding carboxylic acids is 1. The molecule has 2 heterocycles. The summed E-state index contributed by atoms with van der Waals surface area (Å²) >= 11 is 3.27. The van der Waals surface area contributed by atoms with E-state index in [-0.39, 0.29) is 5.91 Å². The van der Waals surface area contributed by atoms with Crippen LogP contribution in [0.5, 0.6) is 0 Å². The van der Waals surface area contributed by atoms with Crippen molar-refractivity contribution in [3.05, 3.63) is 28.5 Å². The van der Waals surface area contributed by atoms with Gasteiger partial charge in [0.25, 0.3) is 5.91 Å². The van der Waals surface area contributed by atoms with Gasteiger partial charge in [-0.25, -0.2) is 4.98 Å². The molecule has 1 fully saturated rings. The maximum Gasteiger partial charge on any atom is 0.255 e. The molecule has 1 atom stereocenters. The number of nitrogens with zero attached hydrogens (tertiary/aromatic N) is 3. The van der Waals surface area contributed by atoms with Crippen molar-refractivity contribution in [1.29, 1.82) is 0 Å². The Labute approximate surface area is 116 Å². The van der Waals surface area contributed by atoms with E-state index in [1.807, 2.05) is 7.05 Å². The third-order valence-electron chi connectivity index (χ3n) is 3.34. The van der Waals surface area contributed by atoms with E-state index in [1.165, 1.54) is 6.42 Å². The molecule has 0 aliphatic carbocycles. The van der Waals surface area contributed by atoms with Gasteiger partial charge in [0.2, 0.25) is 0 Å². The van der Waals surface area contributed by atoms with Crippen LogP contribution in [-0.2, 0) is 0 Å². The van der Waals surface area contributed by atoms with E-state index >= 15 is 0 Å². The van der Waals surface area contributed by atoms with Crippen LogP contribution in [0.15, 0.2) is 22.9 Å². The Morgan fingerprint density at radius 1 is 1.61 bits per heavy atom. The van der Waals surface area contributed by atoms with Gasteiger partial charge in [-0.3, -0.25) is 4.79 Å². The van der Waals surface area contributed by atoms with E-state index in [0.717, 1.165) is 24.2 Å². The molecule has 1 aliphatic heterocycles. The zero-order valence-corrected chi connectivity index (χ0v) is 12.4. The first-order valence-corrected chi connectivity index (χ1v) is 6.91. The van der Waals surface area contributed by atoms with Gasteiger partial charge in [0.05, 0.1) is 5.56 Å². The molecule has 0 bridgehead atoms. The highest BCUT2D eigenvalue weighted by Crippen LogP contribution is 2.16. The Morgan fingerprint density at radius 2 is 2.39 bits per heavy atom. The van der Waals surface area contributed by atoms with Crippen LogP contribution < -0.4 is 0 Å². The van der Waals surface area contributed by atoms with Gasteiger partial charge in [0.1, 0.15) is 4.60 Å². The van der Waals surface area contributed by atoms with Gasteiger partial charge in [-0.05, 0) is 54.0 Å². The molecule has 1 aromatic rings. The fraction of sp³-hybridized carbons (Fsp3) is 0.538. The molecule has 18 heavy (non-hydrogen) atoms. The highest BCUT2D eigenvalue weighted by atomic mass is 79.9. The Balaban J connectivity index is 1.94. The third kappa shape index (κ3) is 3.29. The fourth-order valence-corrected chi connectivity index (χ4v) is 2.60. The number of aromatic nitrogens is 1. The lowest BCUT2D eigenvalue weighted by Crippen LogP contribution is -2.32. The Morgan fingerprint density at radius 3 is 2.94 bits per heavy atom. The molecule has 0 N–H and O–H groups in total. The van der Waals surface area contributed by atoms with Crippen LogP contribution in [0, 0.1) is 5.92 Å². The molecule has 4 nitrogen and oxygen atoms in total. The van der Waals surface area contributed by atoms with Gasteiger partial charge in [0, 0.05) is 26.3 Å². The normalized spacial score (nSPS) is 20.1. The molecule has 1 unspecified atom stereocenters. The molecule has 1 aromatic heterocycles. The van der Waals surface area contributed by atoms with Gasteiger partial charge in [-0.15, -0.1) is 0 Å². The van der Waals surface area contributed by atoms with Crippen LogP contribution in [0.1, 0.15) is 16.8 Å². The summed E-state index contributed by atoms with van der Waals surface area (Å²) in [6, 6.07) is 3.60. The minimum absolute atomic E-state index is 0.0459. The van der Waals surface area contributed by atoms with E-state index in [9.17, 15) is 4.79 Å².